The molecule has 0 aliphatic rings. The molecule has 3 nitrogen and oxygen atoms in total. The largest absolute Gasteiger partial charge is 0.468 e. The summed E-state index contributed by atoms with van der Waals surface area (Å²) in [5.74, 6) is 0.983. The average molecular weight is 289 g/mol. The first kappa shape index (κ1) is 18.9. The van der Waals surface area contributed by atoms with Crippen molar-refractivity contribution in [3.8, 4) is 0 Å². The summed E-state index contributed by atoms with van der Waals surface area (Å²) in [5, 5.41) is 3.79. The van der Waals surface area contributed by atoms with Crippen LogP contribution in [0.4, 0.5) is 0 Å². The molecule has 0 rings (SSSR count). The first-order valence-corrected chi connectivity index (χ1v) is 8.72. The van der Waals surface area contributed by atoms with Gasteiger partial charge in [0.25, 0.3) is 0 Å². The summed E-state index contributed by atoms with van der Waals surface area (Å²) in [7, 11) is 1.07. The Kier molecular flexibility index (Phi) is 8.15. The van der Waals surface area contributed by atoms with Gasteiger partial charge in [0.05, 0.1) is 7.11 Å². The van der Waals surface area contributed by atoms with Crippen molar-refractivity contribution in [2.45, 2.75) is 66.1 Å². The van der Waals surface area contributed by atoms with Crippen LogP contribution in [-0.2, 0) is 9.53 Å². The van der Waals surface area contributed by atoms with E-state index in [-0.39, 0.29) is 17.2 Å². The van der Waals surface area contributed by atoms with Gasteiger partial charge in [-0.25, -0.2) is 0 Å². The third-order valence-corrected chi connectivity index (χ3v) is 6.20. The first-order chi connectivity index (χ1) is 8.57. The van der Waals surface area contributed by atoms with Gasteiger partial charge in [-0.15, -0.1) is 0 Å². The van der Waals surface area contributed by atoms with Crippen molar-refractivity contribution in [1.29, 1.82) is 0 Å². The van der Waals surface area contributed by atoms with Gasteiger partial charge in [0.15, 0.2) is 0 Å². The minimum Gasteiger partial charge on any atom is -0.468 e. The Morgan fingerprint density at radius 2 is 1.68 bits per heavy atom. The van der Waals surface area contributed by atoms with Crippen molar-refractivity contribution < 1.29 is 9.53 Å². The molecule has 0 aliphatic carbocycles. The molecule has 19 heavy (non-hydrogen) atoms. The Labute approximate surface area is 120 Å². The van der Waals surface area contributed by atoms with Gasteiger partial charge in [0.2, 0.25) is 0 Å². The standard InChI is InChI=1S/C15H32NO2P/c1-11(2)9-13(14(17)18-8)16-19(10-12(3)4)15(5,6)7/h11-13,16H,9-10H2,1-8H3/t13-,19?/m0/s1. The number of rotatable bonds is 7. The van der Waals surface area contributed by atoms with Crippen LogP contribution in [0.3, 0.4) is 0 Å². The summed E-state index contributed by atoms with van der Waals surface area (Å²) < 4.78 is 4.94. The van der Waals surface area contributed by atoms with Gasteiger partial charge in [-0.05, 0) is 37.6 Å². The Morgan fingerprint density at radius 3 is 2.00 bits per heavy atom. The lowest BCUT2D eigenvalue weighted by Crippen LogP contribution is -2.39. The van der Waals surface area contributed by atoms with E-state index in [2.05, 4.69) is 53.6 Å². The van der Waals surface area contributed by atoms with E-state index < -0.39 is 8.07 Å². The van der Waals surface area contributed by atoms with E-state index >= 15 is 0 Å². The fraction of sp³-hybridized carbons (Fsp3) is 0.933. The van der Waals surface area contributed by atoms with E-state index in [9.17, 15) is 4.79 Å². The molecule has 0 saturated heterocycles. The third-order valence-electron chi connectivity index (χ3n) is 2.86. The maximum absolute atomic E-state index is 11.9. The van der Waals surface area contributed by atoms with Gasteiger partial charge < -0.3 is 4.74 Å². The highest BCUT2D eigenvalue weighted by atomic mass is 31.1. The molecule has 0 saturated carbocycles. The topological polar surface area (TPSA) is 38.3 Å². The number of hydrogen-bond acceptors (Lipinski definition) is 3. The number of esters is 1. The number of carbonyl (C=O) groups is 1. The zero-order valence-electron chi connectivity index (χ0n) is 13.9. The zero-order chi connectivity index (χ0) is 15.2. The van der Waals surface area contributed by atoms with Crippen molar-refractivity contribution in [2.75, 3.05) is 13.3 Å². The van der Waals surface area contributed by atoms with Crippen molar-refractivity contribution in [3.05, 3.63) is 0 Å². The summed E-state index contributed by atoms with van der Waals surface area (Å²) in [4.78, 5) is 11.9. The highest BCUT2D eigenvalue weighted by Crippen LogP contribution is 2.47. The van der Waals surface area contributed by atoms with Crippen molar-refractivity contribution in [2.24, 2.45) is 11.8 Å². The molecular weight excluding hydrogens is 257 g/mol. The Morgan fingerprint density at radius 1 is 1.16 bits per heavy atom. The maximum Gasteiger partial charge on any atom is 0.323 e. The quantitative estimate of drug-likeness (QED) is 0.568. The van der Waals surface area contributed by atoms with Crippen molar-refractivity contribution in [3.63, 3.8) is 0 Å². The minimum atomic E-state index is -0.400. The smallest absolute Gasteiger partial charge is 0.323 e. The Bertz CT molecular complexity index is 272. The highest BCUT2D eigenvalue weighted by Gasteiger charge is 2.30. The van der Waals surface area contributed by atoms with E-state index in [0.29, 0.717) is 11.8 Å². The molecule has 0 aromatic heterocycles. The molecule has 0 aliphatic heterocycles. The van der Waals surface area contributed by atoms with E-state index in [1.165, 1.54) is 7.11 Å². The summed E-state index contributed by atoms with van der Waals surface area (Å²) in [6, 6.07) is -0.172. The number of methoxy groups -OCH3 is 1. The predicted octanol–water partition coefficient (Wildman–Crippen LogP) is 4.02. The molecular formula is C15H32NO2P. The fourth-order valence-corrected chi connectivity index (χ4v) is 4.25. The second kappa shape index (κ2) is 8.21. The molecule has 0 spiro atoms. The van der Waals surface area contributed by atoms with Gasteiger partial charge in [-0.3, -0.25) is 9.88 Å². The van der Waals surface area contributed by atoms with Crippen LogP contribution in [0, 0.1) is 11.8 Å². The summed E-state index contributed by atoms with van der Waals surface area (Å²) in [6.45, 7) is 15.5. The second-order valence-corrected chi connectivity index (χ2v) is 9.83. The first-order valence-electron chi connectivity index (χ1n) is 7.19. The minimum absolute atomic E-state index is 0.130. The van der Waals surface area contributed by atoms with Crippen molar-refractivity contribution >= 4 is 14.0 Å². The van der Waals surface area contributed by atoms with E-state index in [0.717, 1.165) is 12.6 Å². The molecule has 4 heteroatoms. The molecule has 114 valence electrons. The van der Waals surface area contributed by atoms with E-state index in [1.807, 2.05) is 0 Å². The van der Waals surface area contributed by atoms with Gasteiger partial charge in [0, 0.05) is 0 Å². The molecule has 0 aromatic rings. The molecule has 0 radical (unpaired) electrons. The van der Waals surface area contributed by atoms with E-state index in [4.69, 9.17) is 4.74 Å². The normalized spacial score (nSPS) is 15.7. The second-order valence-electron chi connectivity index (χ2n) is 7.01. The maximum atomic E-state index is 11.9. The Hall–Kier alpha value is -0.140. The van der Waals surface area contributed by atoms with Crippen LogP contribution in [-0.4, -0.2) is 30.4 Å². The number of carbonyl (C=O) groups excluding carboxylic acids is 1. The van der Waals surface area contributed by atoms with Crippen LogP contribution in [0.1, 0.15) is 54.9 Å². The highest BCUT2D eigenvalue weighted by molar-refractivity contribution is 7.57. The molecule has 2 atom stereocenters. The number of nitrogens with one attached hydrogen (secondary N) is 1. The van der Waals surface area contributed by atoms with Crippen molar-refractivity contribution in [1.82, 2.24) is 5.09 Å². The molecule has 0 bridgehead atoms. The molecule has 0 heterocycles. The van der Waals surface area contributed by atoms with Gasteiger partial charge in [-0.1, -0.05) is 48.5 Å². The van der Waals surface area contributed by atoms with Gasteiger partial charge in [-0.2, -0.15) is 0 Å². The van der Waals surface area contributed by atoms with Crippen LogP contribution >= 0.6 is 8.07 Å². The number of hydrogen-bond donors (Lipinski definition) is 1. The monoisotopic (exact) mass is 289 g/mol. The van der Waals surface area contributed by atoms with Gasteiger partial charge in [0.1, 0.15) is 6.04 Å². The average Bonchev–Trinajstić information content (AvgIpc) is 2.23. The molecule has 0 amide bonds. The third kappa shape index (κ3) is 7.89. The van der Waals surface area contributed by atoms with Crippen LogP contribution in [0.2, 0.25) is 0 Å². The zero-order valence-corrected chi connectivity index (χ0v) is 14.8. The Balaban J connectivity index is 4.87. The number of ether oxygens (including phenoxy) is 1. The lowest BCUT2D eigenvalue weighted by Gasteiger charge is -2.36. The molecule has 0 fully saturated rings. The molecule has 1 N–H and O–H groups in total. The van der Waals surface area contributed by atoms with Crippen LogP contribution in [0.15, 0.2) is 0 Å². The summed E-state index contributed by atoms with van der Waals surface area (Å²) >= 11 is 0. The lowest BCUT2D eigenvalue weighted by molar-refractivity contribution is -0.143. The van der Waals surface area contributed by atoms with E-state index in [1.54, 1.807) is 0 Å². The predicted molar refractivity (Wildman–Crippen MR) is 84.8 cm³/mol. The van der Waals surface area contributed by atoms with Crippen LogP contribution < -0.4 is 5.09 Å². The van der Waals surface area contributed by atoms with Gasteiger partial charge >= 0.3 is 5.97 Å². The molecule has 1 unspecified atom stereocenters. The van der Waals surface area contributed by atoms with Crippen LogP contribution in [0.25, 0.3) is 0 Å². The lowest BCUT2D eigenvalue weighted by atomic mass is 10.1. The summed E-state index contributed by atoms with van der Waals surface area (Å²) in [5.41, 5.74) is 0. The molecule has 0 aromatic carbocycles. The fourth-order valence-electron chi connectivity index (χ4n) is 1.89. The SMILES string of the molecule is COC(=O)[C@H](CC(C)C)NP(CC(C)C)C(C)(C)C. The van der Waals surface area contributed by atoms with Crippen LogP contribution in [0.5, 0.6) is 0 Å². The summed E-state index contributed by atoms with van der Waals surface area (Å²) in [6.07, 6.45) is 1.96.